The lowest BCUT2D eigenvalue weighted by molar-refractivity contribution is -0.131. The second-order valence-corrected chi connectivity index (χ2v) is 7.18. The molecule has 1 aromatic carbocycles. The number of carbonyl (C=O) groups excluding carboxylic acids is 2. The fourth-order valence-corrected chi connectivity index (χ4v) is 3.72. The van der Waals surface area contributed by atoms with E-state index in [-0.39, 0.29) is 36.9 Å². The molecule has 6 nitrogen and oxygen atoms in total. The van der Waals surface area contributed by atoms with E-state index in [4.69, 9.17) is 5.73 Å². The van der Waals surface area contributed by atoms with E-state index >= 15 is 0 Å². The molecule has 0 bridgehead atoms. The zero-order valence-corrected chi connectivity index (χ0v) is 16.1. The highest BCUT2D eigenvalue weighted by Gasteiger charge is 2.26. The first-order chi connectivity index (χ1) is 12.0. The molecule has 0 spiro atoms. The summed E-state index contributed by atoms with van der Waals surface area (Å²) in [5.74, 6) is 0.487. The van der Waals surface area contributed by atoms with Gasteiger partial charge in [-0.25, -0.2) is 4.79 Å². The number of nitrogens with one attached hydrogen (secondary N) is 1. The van der Waals surface area contributed by atoms with E-state index in [2.05, 4.69) is 17.4 Å². The van der Waals surface area contributed by atoms with Crippen molar-refractivity contribution in [2.24, 2.45) is 11.7 Å². The number of halogens is 1. The Balaban J connectivity index is 0.00000243. The molecule has 1 unspecified atom stereocenters. The predicted molar refractivity (Wildman–Crippen MR) is 104 cm³/mol. The molecule has 3 rings (SSSR count). The van der Waals surface area contributed by atoms with Gasteiger partial charge >= 0.3 is 6.03 Å². The molecule has 2 aliphatic rings. The van der Waals surface area contributed by atoms with Crippen LogP contribution < -0.4 is 11.1 Å². The highest BCUT2D eigenvalue weighted by molar-refractivity contribution is 5.85. The first-order valence-corrected chi connectivity index (χ1v) is 9.17. The van der Waals surface area contributed by atoms with Crippen molar-refractivity contribution in [2.75, 3.05) is 26.2 Å². The second kappa shape index (κ2) is 9.24. The van der Waals surface area contributed by atoms with Crippen LogP contribution in [0.4, 0.5) is 4.79 Å². The summed E-state index contributed by atoms with van der Waals surface area (Å²) in [6.45, 7) is 4.86. The molecule has 0 saturated carbocycles. The van der Waals surface area contributed by atoms with Gasteiger partial charge in [-0.05, 0) is 43.2 Å². The highest BCUT2D eigenvalue weighted by atomic mass is 35.5. The number of nitrogens with two attached hydrogens (primary N) is 1. The molecule has 0 aliphatic carbocycles. The fourth-order valence-electron chi connectivity index (χ4n) is 3.72. The van der Waals surface area contributed by atoms with Crippen LogP contribution in [0, 0.1) is 5.92 Å². The Hall–Kier alpha value is -1.79. The van der Waals surface area contributed by atoms with Gasteiger partial charge in [0.05, 0.1) is 6.54 Å². The average Bonchev–Trinajstić information content (AvgIpc) is 2.65. The molecule has 1 saturated heterocycles. The molecular formula is C19H29ClN4O2. The maximum Gasteiger partial charge on any atom is 0.318 e. The lowest BCUT2D eigenvalue weighted by Crippen LogP contribution is -2.49. The van der Waals surface area contributed by atoms with Gasteiger partial charge in [0.15, 0.2) is 0 Å². The number of piperidine rings is 1. The summed E-state index contributed by atoms with van der Waals surface area (Å²) >= 11 is 0. The lowest BCUT2D eigenvalue weighted by atomic mass is 9.91. The molecule has 2 heterocycles. The van der Waals surface area contributed by atoms with Gasteiger partial charge in [0.25, 0.3) is 0 Å². The normalized spacial score (nSPS) is 18.5. The minimum Gasteiger partial charge on any atom is -0.341 e. The van der Waals surface area contributed by atoms with Crippen LogP contribution in [0.25, 0.3) is 0 Å². The number of fused-ring (bicyclic) bond motifs is 1. The Morgan fingerprint density at radius 2 is 1.81 bits per heavy atom. The quantitative estimate of drug-likeness (QED) is 0.838. The summed E-state index contributed by atoms with van der Waals surface area (Å²) in [7, 11) is 0. The Morgan fingerprint density at radius 1 is 1.15 bits per heavy atom. The van der Waals surface area contributed by atoms with Crippen LogP contribution in [-0.2, 0) is 17.8 Å². The number of likely N-dealkylation sites (tertiary alicyclic amines) is 1. The Kier molecular flexibility index (Phi) is 7.29. The number of nitrogens with zero attached hydrogens (tertiary/aromatic N) is 2. The zero-order chi connectivity index (χ0) is 17.8. The number of rotatable bonds is 3. The van der Waals surface area contributed by atoms with E-state index in [0.29, 0.717) is 19.0 Å². The van der Waals surface area contributed by atoms with Crippen LogP contribution in [0.5, 0.6) is 0 Å². The van der Waals surface area contributed by atoms with E-state index in [1.807, 2.05) is 24.0 Å². The minimum absolute atomic E-state index is 0. The number of carbonyl (C=O) groups is 2. The number of hydrogen-bond donors (Lipinski definition) is 2. The van der Waals surface area contributed by atoms with Crippen LogP contribution in [0.1, 0.15) is 30.9 Å². The summed E-state index contributed by atoms with van der Waals surface area (Å²) in [5, 5.41) is 2.79. The molecule has 3 N–H and O–H groups in total. The maximum absolute atomic E-state index is 12.4. The van der Waals surface area contributed by atoms with Crippen molar-refractivity contribution in [3.05, 3.63) is 35.4 Å². The summed E-state index contributed by atoms with van der Waals surface area (Å²) in [5.41, 5.74) is 8.43. The SMILES string of the molecule is CC(N)C1CCN(C(=O)CNC(=O)N2CCc3ccccc3C2)CC1.Cl. The number of amides is 3. The van der Waals surface area contributed by atoms with Crippen molar-refractivity contribution in [2.45, 2.75) is 38.8 Å². The van der Waals surface area contributed by atoms with Gasteiger partial charge in [0.2, 0.25) is 5.91 Å². The third kappa shape index (κ3) is 4.89. The fraction of sp³-hybridized carbons (Fsp3) is 0.579. The van der Waals surface area contributed by atoms with Gasteiger partial charge in [0, 0.05) is 32.2 Å². The number of hydrogen-bond acceptors (Lipinski definition) is 3. The van der Waals surface area contributed by atoms with Crippen molar-refractivity contribution in [1.29, 1.82) is 0 Å². The molecule has 144 valence electrons. The minimum atomic E-state index is -0.159. The van der Waals surface area contributed by atoms with Crippen molar-refractivity contribution >= 4 is 24.3 Å². The van der Waals surface area contributed by atoms with E-state index in [9.17, 15) is 9.59 Å². The van der Waals surface area contributed by atoms with Crippen molar-refractivity contribution in [3.8, 4) is 0 Å². The number of benzene rings is 1. The van der Waals surface area contributed by atoms with E-state index < -0.39 is 0 Å². The van der Waals surface area contributed by atoms with Crippen molar-refractivity contribution in [3.63, 3.8) is 0 Å². The van der Waals surface area contributed by atoms with Crippen LogP contribution in [0.2, 0.25) is 0 Å². The Morgan fingerprint density at radius 3 is 2.46 bits per heavy atom. The van der Waals surface area contributed by atoms with E-state index in [0.717, 1.165) is 32.4 Å². The van der Waals surface area contributed by atoms with E-state index in [1.54, 1.807) is 4.90 Å². The topological polar surface area (TPSA) is 78.7 Å². The van der Waals surface area contributed by atoms with Crippen LogP contribution in [-0.4, -0.2) is 54.0 Å². The summed E-state index contributed by atoms with van der Waals surface area (Å²) < 4.78 is 0. The largest absolute Gasteiger partial charge is 0.341 e. The molecule has 2 aliphatic heterocycles. The molecule has 1 atom stereocenters. The molecule has 0 aromatic heterocycles. The molecule has 3 amide bonds. The predicted octanol–water partition coefficient (Wildman–Crippen LogP) is 1.76. The summed E-state index contributed by atoms with van der Waals surface area (Å²) in [6, 6.07) is 8.21. The summed E-state index contributed by atoms with van der Waals surface area (Å²) in [6.07, 6.45) is 2.75. The molecule has 7 heteroatoms. The molecule has 0 radical (unpaired) electrons. The van der Waals surface area contributed by atoms with Gasteiger partial charge in [-0.1, -0.05) is 24.3 Å². The van der Waals surface area contributed by atoms with Crippen LogP contribution in [0.3, 0.4) is 0 Å². The molecule has 1 aromatic rings. The average molecular weight is 381 g/mol. The zero-order valence-electron chi connectivity index (χ0n) is 15.3. The monoisotopic (exact) mass is 380 g/mol. The van der Waals surface area contributed by atoms with Crippen molar-refractivity contribution in [1.82, 2.24) is 15.1 Å². The molecule has 1 fully saturated rings. The Bertz CT molecular complexity index is 630. The number of urea groups is 1. The first kappa shape index (κ1) is 20.5. The third-order valence-corrected chi connectivity index (χ3v) is 5.44. The van der Waals surface area contributed by atoms with Crippen LogP contribution in [0.15, 0.2) is 24.3 Å². The van der Waals surface area contributed by atoms with Gasteiger partial charge in [-0.2, -0.15) is 0 Å². The lowest BCUT2D eigenvalue weighted by Gasteiger charge is -2.34. The van der Waals surface area contributed by atoms with E-state index in [1.165, 1.54) is 11.1 Å². The van der Waals surface area contributed by atoms with Gasteiger partial charge in [0.1, 0.15) is 0 Å². The smallest absolute Gasteiger partial charge is 0.318 e. The first-order valence-electron chi connectivity index (χ1n) is 9.17. The third-order valence-electron chi connectivity index (χ3n) is 5.44. The standard InChI is InChI=1S/C19H28N4O2.ClH/c1-14(20)15-6-9-22(10-7-15)18(24)12-21-19(25)23-11-8-16-4-2-3-5-17(16)13-23;/h2-5,14-15H,6-13,20H2,1H3,(H,21,25);1H. The Labute approximate surface area is 161 Å². The molecule has 26 heavy (non-hydrogen) atoms. The second-order valence-electron chi connectivity index (χ2n) is 7.18. The van der Waals surface area contributed by atoms with Crippen LogP contribution >= 0.6 is 12.4 Å². The van der Waals surface area contributed by atoms with Gasteiger partial charge in [-0.15, -0.1) is 12.4 Å². The highest BCUT2D eigenvalue weighted by Crippen LogP contribution is 2.20. The van der Waals surface area contributed by atoms with Crippen molar-refractivity contribution < 1.29 is 9.59 Å². The maximum atomic E-state index is 12.4. The van der Waals surface area contributed by atoms with Gasteiger partial charge in [-0.3, -0.25) is 4.79 Å². The van der Waals surface area contributed by atoms with Gasteiger partial charge < -0.3 is 20.9 Å². The molecular weight excluding hydrogens is 352 g/mol. The summed E-state index contributed by atoms with van der Waals surface area (Å²) in [4.78, 5) is 28.3.